The van der Waals surface area contributed by atoms with Gasteiger partial charge >= 0.3 is 0 Å². The maximum absolute atomic E-state index is 6.46. The van der Waals surface area contributed by atoms with E-state index >= 15 is 0 Å². The van der Waals surface area contributed by atoms with Gasteiger partial charge in [0.2, 0.25) is 0 Å². The van der Waals surface area contributed by atoms with E-state index in [1.165, 1.54) is 16.2 Å². The minimum atomic E-state index is -0.942. The maximum atomic E-state index is 6.46. The molecule has 0 spiro atoms. The first kappa shape index (κ1) is 11.8. The molecule has 3 aromatic rings. The van der Waals surface area contributed by atoms with Crippen LogP contribution in [0, 0.1) is 0 Å². The molecule has 0 N–H and O–H groups in total. The average molecular weight is 308 g/mol. The van der Waals surface area contributed by atoms with Crippen LogP contribution in [0.2, 0.25) is 0 Å². The molecule has 0 amide bonds. The average Bonchev–Trinajstić information content (AvgIpc) is 2.38. The van der Waals surface area contributed by atoms with Crippen LogP contribution in [0.3, 0.4) is 0 Å². The van der Waals surface area contributed by atoms with Crippen molar-refractivity contribution >= 4 is 61.4 Å². The molecule has 94 valence electrons. The van der Waals surface area contributed by atoms with E-state index < -0.39 is 4.33 Å². The zero-order valence-corrected chi connectivity index (χ0v) is 12.2. The highest BCUT2D eigenvalue weighted by Crippen LogP contribution is 2.46. The van der Waals surface area contributed by atoms with Crippen LogP contribution in [0.25, 0.3) is 26.6 Å². The van der Waals surface area contributed by atoms with E-state index in [1.807, 2.05) is 6.07 Å². The zero-order chi connectivity index (χ0) is 13.2. The van der Waals surface area contributed by atoms with Gasteiger partial charge in [0, 0.05) is 11.5 Å². The molecule has 0 fully saturated rings. The Morgan fingerprint density at radius 2 is 1.53 bits per heavy atom. The van der Waals surface area contributed by atoms with E-state index in [2.05, 4.69) is 36.4 Å². The summed E-state index contributed by atoms with van der Waals surface area (Å²) < 4.78 is -0.942. The summed E-state index contributed by atoms with van der Waals surface area (Å²) in [6, 6.07) is 14.5. The highest BCUT2D eigenvalue weighted by molar-refractivity contribution is 6.53. The number of rotatable bonds is 0. The highest BCUT2D eigenvalue weighted by Gasteiger charge is 2.33. The number of alkyl halides is 2. The van der Waals surface area contributed by atoms with E-state index in [4.69, 9.17) is 34.8 Å². The third-order valence-corrected chi connectivity index (χ3v) is 4.85. The van der Waals surface area contributed by atoms with Crippen LogP contribution in [-0.4, -0.2) is 0 Å². The van der Waals surface area contributed by atoms with Gasteiger partial charge in [-0.1, -0.05) is 77.3 Å². The first-order valence-corrected chi connectivity index (χ1v) is 7.22. The normalized spacial score (nSPS) is 17.3. The van der Waals surface area contributed by atoms with Crippen LogP contribution in [0.4, 0.5) is 0 Å². The van der Waals surface area contributed by atoms with Crippen molar-refractivity contribution < 1.29 is 0 Å². The van der Waals surface area contributed by atoms with Gasteiger partial charge in [0.1, 0.15) is 4.33 Å². The number of hydrogen-bond donors (Lipinski definition) is 0. The van der Waals surface area contributed by atoms with Gasteiger partial charge < -0.3 is 0 Å². The van der Waals surface area contributed by atoms with Gasteiger partial charge in [-0.05, 0) is 32.3 Å². The highest BCUT2D eigenvalue weighted by atomic mass is 35.5. The molecule has 0 nitrogen and oxygen atoms in total. The molecule has 4 rings (SSSR count). The van der Waals surface area contributed by atoms with Crippen molar-refractivity contribution in [3.05, 3.63) is 53.2 Å². The summed E-state index contributed by atoms with van der Waals surface area (Å²) in [5.41, 5.74) is 0.958. The lowest BCUT2D eigenvalue weighted by molar-refractivity contribution is 0.887. The lowest BCUT2D eigenvalue weighted by atomic mass is 9.89. The maximum Gasteiger partial charge on any atom is 0.148 e. The Balaban J connectivity index is 2.40. The minimum Gasteiger partial charge on any atom is -0.0959 e. The second-order valence-electron chi connectivity index (χ2n) is 4.97. The van der Waals surface area contributed by atoms with Crippen molar-refractivity contribution in [3.8, 4) is 0 Å². The monoisotopic (exact) mass is 306 g/mol. The summed E-state index contributed by atoms with van der Waals surface area (Å²) >= 11 is 19.3. The summed E-state index contributed by atoms with van der Waals surface area (Å²) in [6.45, 7) is 0. The SMILES string of the molecule is ClC1=c2ccc3cccc4ccc(c2c43)C(Cl)(Cl)C1. The molecule has 3 aromatic carbocycles. The van der Waals surface area contributed by atoms with E-state index in [-0.39, 0.29) is 0 Å². The summed E-state index contributed by atoms with van der Waals surface area (Å²) in [6.07, 6.45) is 0.456. The third-order valence-electron chi connectivity index (χ3n) is 3.84. The molecule has 0 atom stereocenters. The van der Waals surface area contributed by atoms with Crippen molar-refractivity contribution in [2.24, 2.45) is 0 Å². The fourth-order valence-electron chi connectivity index (χ4n) is 3.00. The number of benzene rings is 3. The molecule has 0 saturated carbocycles. The summed E-state index contributed by atoms with van der Waals surface area (Å²) in [4.78, 5) is 0. The quantitative estimate of drug-likeness (QED) is 0.507. The fourth-order valence-corrected chi connectivity index (χ4v) is 4.08. The lowest BCUT2D eigenvalue weighted by Crippen LogP contribution is -2.22. The van der Waals surface area contributed by atoms with E-state index in [9.17, 15) is 0 Å². The van der Waals surface area contributed by atoms with Gasteiger partial charge in [-0.25, -0.2) is 0 Å². The summed E-state index contributed by atoms with van der Waals surface area (Å²) in [7, 11) is 0. The summed E-state index contributed by atoms with van der Waals surface area (Å²) in [5, 5.41) is 6.45. The predicted octanol–water partition coefficient (Wildman–Crippen LogP) is 5.09. The molecule has 0 aromatic heterocycles. The second kappa shape index (κ2) is 3.79. The molecule has 19 heavy (non-hydrogen) atoms. The van der Waals surface area contributed by atoms with Crippen LogP contribution in [0.1, 0.15) is 12.0 Å². The molecule has 3 heteroatoms. The predicted molar refractivity (Wildman–Crippen MR) is 83.9 cm³/mol. The van der Waals surface area contributed by atoms with Gasteiger partial charge in [0.25, 0.3) is 0 Å². The Hall–Kier alpha value is -0.950. The van der Waals surface area contributed by atoms with Crippen molar-refractivity contribution in [2.75, 3.05) is 0 Å². The van der Waals surface area contributed by atoms with Crippen LogP contribution in [0.15, 0.2) is 42.5 Å². The smallest absolute Gasteiger partial charge is 0.0959 e. The van der Waals surface area contributed by atoms with Crippen LogP contribution in [-0.2, 0) is 4.33 Å². The van der Waals surface area contributed by atoms with Gasteiger partial charge in [-0.15, -0.1) is 0 Å². The van der Waals surface area contributed by atoms with Gasteiger partial charge in [-0.2, -0.15) is 0 Å². The molecule has 0 bridgehead atoms. The molecule has 0 saturated heterocycles. The van der Waals surface area contributed by atoms with Gasteiger partial charge in [0.15, 0.2) is 0 Å². The van der Waals surface area contributed by atoms with E-state index in [1.54, 1.807) is 0 Å². The molecular weight excluding hydrogens is 299 g/mol. The first-order valence-electron chi connectivity index (χ1n) is 6.09. The number of hydrogen-bond acceptors (Lipinski definition) is 0. The standard InChI is InChI=1S/C16H9Cl3/c17-13-8-16(18,19)12-7-5-10-3-1-2-9-4-6-11(13)15(12)14(9)10/h1-7H,8H2. The second-order valence-corrected chi connectivity index (χ2v) is 6.91. The lowest BCUT2D eigenvalue weighted by Gasteiger charge is -2.27. The Bertz CT molecular complexity index is 862. The van der Waals surface area contributed by atoms with E-state index in [0.717, 1.165) is 21.2 Å². The van der Waals surface area contributed by atoms with Crippen molar-refractivity contribution in [3.63, 3.8) is 0 Å². The Morgan fingerprint density at radius 3 is 2.26 bits per heavy atom. The molecule has 0 radical (unpaired) electrons. The topological polar surface area (TPSA) is 0 Å². The molecular formula is C16H9Cl3. The molecule has 1 aliphatic rings. The Morgan fingerprint density at radius 1 is 0.842 bits per heavy atom. The first-order chi connectivity index (χ1) is 9.08. The Kier molecular flexibility index (Phi) is 2.36. The Labute approximate surface area is 125 Å². The number of halogens is 3. The molecule has 1 aliphatic carbocycles. The van der Waals surface area contributed by atoms with Crippen molar-refractivity contribution in [2.45, 2.75) is 10.8 Å². The van der Waals surface area contributed by atoms with Crippen molar-refractivity contribution in [1.82, 2.24) is 0 Å². The largest absolute Gasteiger partial charge is 0.148 e. The zero-order valence-electron chi connectivity index (χ0n) is 9.88. The van der Waals surface area contributed by atoms with Gasteiger partial charge in [-0.3, -0.25) is 0 Å². The molecule has 0 aliphatic heterocycles. The summed E-state index contributed by atoms with van der Waals surface area (Å²) in [5.74, 6) is 0. The van der Waals surface area contributed by atoms with Crippen molar-refractivity contribution in [1.29, 1.82) is 0 Å². The molecule has 0 unspecified atom stereocenters. The minimum absolute atomic E-state index is 0.456. The third kappa shape index (κ3) is 1.54. The fraction of sp³-hybridized carbons (Fsp3) is 0.125. The van der Waals surface area contributed by atoms with Crippen LogP contribution >= 0.6 is 34.8 Å². The van der Waals surface area contributed by atoms with Crippen LogP contribution < -0.4 is 5.22 Å². The van der Waals surface area contributed by atoms with E-state index in [0.29, 0.717) is 6.42 Å². The van der Waals surface area contributed by atoms with Crippen LogP contribution in [0.5, 0.6) is 0 Å². The molecule has 0 heterocycles. The van der Waals surface area contributed by atoms with Gasteiger partial charge in [0.05, 0.1) is 0 Å².